The lowest BCUT2D eigenvalue weighted by Crippen LogP contribution is -2.13. The van der Waals surface area contributed by atoms with E-state index in [1.54, 1.807) is 6.07 Å². The number of H-pyrrole nitrogens is 1. The molecule has 2 rings (SSSR count). The summed E-state index contributed by atoms with van der Waals surface area (Å²) in [5.74, 6) is 0.471. The van der Waals surface area contributed by atoms with Gasteiger partial charge in [0.1, 0.15) is 5.69 Å². The van der Waals surface area contributed by atoms with Gasteiger partial charge in [-0.1, -0.05) is 6.92 Å². The fourth-order valence-corrected chi connectivity index (χ4v) is 2.96. The van der Waals surface area contributed by atoms with Crippen LogP contribution in [0.3, 0.4) is 0 Å². The Kier molecular flexibility index (Phi) is 6.00. The van der Waals surface area contributed by atoms with E-state index in [2.05, 4.69) is 47.3 Å². The number of hydrogen-bond acceptors (Lipinski definition) is 5. The highest BCUT2D eigenvalue weighted by molar-refractivity contribution is 9.13. The maximum absolute atomic E-state index is 11.5. The van der Waals surface area contributed by atoms with Gasteiger partial charge in [-0.15, -0.1) is 0 Å². The quantitative estimate of drug-likeness (QED) is 0.677. The minimum atomic E-state index is -0.666. The number of rotatable bonds is 7. The van der Waals surface area contributed by atoms with Crippen LogP contribution in [-0.4, -0.2) is 34.5 Å². The minimum Gasteiger partial charge on any atom is -0.490 e. The number of nitrogens with zero attached hydrogens (tertiary/aromatic N) is 2. The molecule has 0 unspecified atom stereocenters. The van der Waals surface area contributed by atoms with Crippen molar-refractivity contribution in [2.45, 2.75) is 20.3 Å². The van der Waals surface area contributed by atoms with Crippen molar-refractivity contribution in [3.05, 3.63) is 20.7 Å². The second kappa shape index (κ2) is 7.78. The molecule has 0 atom stereocenters. The predicted molar refractivity (Wildman–Crippen MR) is 92.7 cm³/mol. The number of carbonyl (C=O) groups is 1. The second-order valence-electron chi connectivity index (χ2n) is 4.55. The molecule has 7 nitrogen and oxygen atoms in total. The highest BCUT2D eigenvalue weighted by atomic mass is 79.9. The summed E-state index contributed by atoms with van der Waals surface area (Å²) in [4.78, 5) is 11.5. The van der Waals surface area contributed by atoms with Crippen LogP contribution < -0.4 is 15.2 Å². The molecule has 0 fully saturated rings. The fourth-order valence-electron chi connectivity index (χ4n) is 1.95. The average Bonchev–Trinajstić information content (AvgIpc) is 3.00. The standard InChI is InChI=1S/C14H16Br2N4O3/c1-3-5-23-13-8(22-4-2)6-7(9(15)10(13)16)11-12(14(17)21)19-20-18-11/h6H,3-5H2,1-2H3,(H2,17,21)(H,18,19,20). The van der Waals surface area contributed by atoms with Gasteiger partial charge in [0.25, 0.3) is 5.91 Å². The molecule has 3 N–H and O–H groups in total. The van der Waals surface area contributed by atoms with E-state index >= 15 is 0 Å². The van der Waals surface area contributed by atoms with Crippen molar-refractivity contribution in [3.63, 3.8) is 0 Å². The Morgan fingerprint density at radius 2 is 2.00 bits per heavy atom. The first kappa shape index (κ1) is 17.7. The fraction of sp³-hybridized carbons (Fsp3) is 0.357. The van der Waals surface area contributed by atoms with Gasteiger partial charge in [-0.3, -0.25) is 4.79 Å². The Morgan fingerprint density at radius 3 is 2.61 bits per heavy atom. The number of aromatic nitrogens is 3. The number of primary amides is 1. The van der Waals surface area contributed by atoms with Crippen molar-refractivity contribution < 1.29 is 14.3 Å². The summed E-state index contributed by atoms with van der Waals surface area (Å²) in [6.07, 6.45) is 0.868. The van der Waals surface area contributed by atoms with Crippen molar-refractivity contribution in [3.8, 4) is 22.8 Å². The number of halogens is 2. The van der Waals surface area contributed by atoms with Crippen LogP contribution in [0.4, 0.5) is 0 Å². The zero-order chi connectivity index (χ0) is 17.0. The summed E-state index contributed by atoms with van der Waals surface area (Å²) in [6, 6.07) is 1.74. The number of ether oxygens (including phenoxy) is 2. The van der Waals surface area contributed by atoms with Crippen molar-refractivity contribution in [1.29, 1.82) is 0 Å². The first-order valence-corrected chi connectivity index (χ1v) is 8.58. The van der Waals surface area contributed by atoms with Gasteiger partial charge in [0.05, 0.1) is 17.7 Å². The van der Waals surface area contributed by atoms with E-state index in [1.807, 2.05) is 13.8 Å². The molecule has 1 aromatic carbocycles. The molecule has 0 saturated heterocycles. The SMILES string of the molecule is CCCOc1c(OCC)cc(-c2n[nH]nc2C(N)=O)c(Br)c1Br. The molecule has 124 valence electrons. The van der Waals surface area contributed by atoms with Crippen LogP contribution in [0, 0.1) is 0 Å². The van der Waals surface area contributed by atoms with E-state index in [9.17, 15) is 4.79 Å². The minimum absolute atomic E-state index is 0.0577. The normalized spacial score (nSPS) is 10.6. The maximum Gasteiger partial charge on any atom is 0.271 e. The summed E-state index contributed by atoms with van der Waals surface area (Å²) in [7, 11) is 0. The monoisotopic (exact) mass is 446 g/mol. The van der Waals surface area contributed by atoms with Gasteiger partial charge in [-0.05, 0) is 51.3 Å². The molecule has 1 heterocycles. The van der Waals surface area contributed by atoms with Crippen LogP contribution in [-0.2, 0) is 0 Å². The van der Waals surface area contributed by atoms with Gasteiger partial charge in [-0.2, -0.15) is 15.4 Å². The van der Waals surface area contributed by atoms with Crippen molar-refractivity contribution in [1.82, 2.24) is 15.4 Å². The number of nitrogens with one attached hydrogen (secondary N) is 1. The summed E-state index contributed by atoms with van der Waals surface area (Å²) < 4.78 is 12.8. The largest absolute Gasteiger partial charge is 0.490 e. The lowest BCUT2D eigenvalue weighted by Gasteiger charge is -2.16. The van der Waals surface area contributed by atoms with Gasteiger partial charge < -0.3 is 15.2 Å². The lowest BCUT2D eigenvalue weighted by molar-refractivity contribution is 0.0996. The van der Waals surface area contributed by atoms with Crippen molar-refractivity contribution in [2.75, 3.05) is 13.2 Å². The van der Waals surface area contributed by atoms with Gasteiger partial charge >= 0.3 is 0 Å². The number of aromatic amines is 1. The number of amides is 1. The molecule has 0 spiro atoms. The van der Waals surface area contributed by atoms with E-state index in [4.69, 9.17) is 15.2 Å². The zero-order valence-electron chi connectivity index (χ0n) is 12.7. The van der Waals surface area contributed by atoms with Gasteiger partial charge in [0.2, 0.25) is 0 Å². The summed E-state index contributed by atoms with van der Waals surface area (Å²) in [5, 5.41) is 10.2. The molecule has 2 aromatic rings. The third-order valence-corrected chi connectivity index (χ3v) is 5.03. The molecular formula is C14H16Br2N4O3. The average molecular weight is 448 g/mol. The molecule has 0 aliphatic heterocycles. The Bertz CT molecular complexity index is 718. The third kappa shape index (κ3) is 3.66. The highest BCUT2D eigenvalue weighted by Crippen LogP contribution is 2.46. The van der Waals surface area contributed by atoms with Crippen LogP contribution in [0.1, 0.15) is 30.8 Å². The molecular weight excluding hydrogens is 432 g/mol. The van der Waals surface area contributed by atoms with Crippen molar-refractivity contribution in [2.24, 2.45) is 5.73 Å². The molecule has 0 aliphatic carbocycles. The van der Waals surface area contributed by atoms with E-state index in [0.717, 1.165) is 6.42 Å². The van der Waals surface area contributed by atoms with E-state index in [0.29, 0.717) is 44.9 Å². The van der Waals surface area contributed by atoms with E-state index < -0.39 is 5.91 Å². The predicted octanol–water partition coefficient (Wildman–Crippen LogP) is 3.28. The third-order valence-electron chi connectivity index (χ3n) is 2.91. The Hall–Kier alpha value is -1.61. The summed E-state index contributed by atoms with van der Waals surface area (Å²) >= 11 is 7.00. The van der Waals surface area contributed by atoms with Gasteiger partial charge in [-0.25, -0.2) is 0 Å². The topological polar surface area (TPSA) is 103 Å². The highest BCUT2D eigenvalue weighted by Gasteiger charge is 2.23. The maximum atomic E-state index is 11.5. The van der Waals surface area contributed by atoms with Crippen LogP contribution in [0.2, 0.25) is 0 Å². The first-order chi connectivity index (χ1) is 11.0. The molecule has 0 saturated carbocycles. The first-order valence-electron chi connectivity index (χ1n) is 6.99. The van der Waals surface area contributed by atoms with Crippen LogP contribution >= 0.6 is 31.9 Å². The number of carbonyl (C=O) groups excluding carboxylic acids is 1. The van der Waals surface area contributed by atoms with Crippen LogP contribution in [0.25, 0.3) is 11.3 Å². The Labute approximate surface area is 150 Å². The summed E-state index contributed by atoms with van der Waals surface area (Å²) in [6.45, 7) is 4.93. The van der Waals surface area contributed by atoms with Crippen molar-refractivity contribution >= 4 is 37.8 Å². The van der Waals surface area contributed by atoms with Gasteiger partial charge in [0.15, 0.2) is 17.2 Å². The number of benzene rings is 1. The summed E-state index contributed by atoms with van der Waals surface area (Å²) in [5.41, 5.74) is 6.35. The van der Waals surface area contributed by atoms with E-state index in [-0.39, 0.29) is 5.69 Å². The Morgan fingerprint density at radius 1 is 1.26 bits per heavy atom. The molecule has 0 bridgehead atoms. The van der Waals surface area contributed by atoms with E-state index in [1.165, 1.54) is 0 Å². The molecule has 1 aromatic heterocycles. The zero-order valence-corrected chi connectivity index (χ0v) is 15.8. The molecule has 0 aliphatic rings. The Balaban J connectivity index is 2.61. The molecule has 0 radical (unpaired) electrons. The number of hydrogen-bond donors (Lipinski definition) is 2. The smallest absolute Gasteiger partial charge is 0.271 e. The van der Waals surface area contributed by atoms with Crippen LogP contribution in [0.5, 0.6) is 11.5 Å². The second-order valence-corrected chi connectivity index (χ2v) is 6.13. The lowest BCUT2D eigenvalue weighted by atomic mass is 10.1. The van der Waals surface area contributed by atoms with Crippen LogP contribution in [0.15, 0.2) is 15.0 Å². The van der Waals surface area contributed by atoms with Gasteiger partial charge in [0, 0.05) is 10.0 Å². The number of nitrogens with two attached hydrogens (primary N) is 1. The molecule has 9 heteroatoms. The molecule has 23 heavy (non-hydrogen) atoms. The molecule has 1 amide bonds.